The molecule has 4 heterocycles. The lowest BCUT2D eigenvalue weighted by atomic mass is 9.33. The Labute approximate surface area is 448 Å². The Morgan fingerprint density at radius 2 is 1.43 bits per heavy atom. The first-order chi connectivity index (χ1) is 36.0. The zero-order valence-electron chi connectivity index (χ0n) is 45.5. The maximum atomic E-state index is 13.6. The van der Waals surface area contributed by atoms with Gasteiger partial charge < -0.3 is 98.8 Å². The maximum absolute atomic E-state index is 13.6. The van der Waals surface area contributed by atoms with Gasteiger partial charge in [-0.3, -0.25) is 9.59 Å². The van der Waals surface area contributed by atoms with E-state index in [-0.39, 0.29) is 36.4 Å². The average molecular weight is 1100 g/mol. The van der Waals surface area contributed by atoms with Crippen molar-refractivity contribution >= 4 is 17.9 Å². The number of aliphatic hydroxyl groups excluding tert-OH is 10. The van der Waals surface area contributed by atoms with Crippen molar-refractivity contribution in [3.05, 3.63) is 11.6 Å². The molecule has 4 saturated heterocycles. The average Bonchev–Trinajstić information content (AvgIpc) is 3.95. The fraction of sp³-hybridized carbons (Fsp3) is 0.907. The minimum Gasteiger partial charge on any atom is -0.479 e. The third-order valence-corrected chi connectivity index (χ3v) is 21.3. The number of aliphatic hydroxyl groups is 10. The molecule has 5 aliphatic carbocycles. The van der Waals surface area contributed by atoms with E-state index in [4.69, 9.17) is 42.6 Å². The lowest BCUT2D eigenvalue weighted by molar-refractivity contribution is -0.387. The summed E-state index contributed by atoms with van der Waals surface area (Å²) in [5, 5.41) is 120. The number of carbonyl (C=O) groups excluding carboxylic acids is 2. The van der Waals surface area contributed by atoms with Gasteiger partial charge in [-0.25, -0.2) is 4.79 Å². The summed E-state index contributed by atoms with van der Waals surface area (Å²) in [6, 6.07) is 0. The zero-order chi connectivity index (χ0) is 56.4. The highest BCUT2D eigenvalue weighted by Gasteiger charge is 2.76. The van der Waals surface area contributed by atoms with Gasteiger partial charge in [-0.05, 0) is 98.2 Å². The number of hydrogen-bond acceptors (Lipinski definition) is 22. The van der Waals surface area contributed by atoms with Gasteiger partial charge in [0.2, 0.25) is 0 Å². The number of carboxylic acid groups (broad SMARTS) is 1. The van der Waals surface area contributed by atoms with Crippen molar-refractivity contribution in [1.82, 2.24) is 0 Å². The van der Waals surface area contributed by atoms with Gasteiger partial charge in [-0.1, -0.05) is 53.2 Å². The van der Waals surface area contributed by atoms with Crippen LogP contribution < -0.4 is 0 Å². The summed E-state index contributed by atoms with van der Waals surface area (Å²) in [5.41, 5.74) is -2.40. The molecule has 4 saturated carbocycles. The Kier molecular flexibility index (Phi) is 16.1. The summed E-state index contributed by atoms with van der Waals surface area (Å²) in [5.74, 6) is -3.82. The van der Waals surface area contributed by atoms with E-state index < -0.39 is 181 Å². The van der Waals surface area contributed by atoms with Gasteiger partial charge in [0.25, 0.3) is 0 Å². The maximum Gasteiger partial charge on any atom is 0.335 e. The van der Waals surface area contributed by atoms with Gasteiger partial charge in [0.15, 0.2) is 25.0 Å². The van der Waals surface area contributed by atoms with Crippen LogP contribution in [0.5, 0.6) is 0 Å². The van der Waals surface area contributed by atoms with Crippen LogP contribution in [0.3, 0.4) is 0 Å². The quantitative estimate of drug-likeness (QED) is 0.0588. The number of aliphatic carboxylic acids is 1. The highest BCUT2D eigenvalue weighted by molar-refractivity contribution is 5.74. The number of esters is 2. The minimum absolute atomic E-state index is 0.0482. The lowest BCUT2D eigenvalue weighted by Crippen LogP contribution is -2.69. The second-order valence-corrected chi connectivity index (χ2v) is 25.8. The third-order valence-electron chi connectivity index (χ3n) is 21.3. The molecular formula is C54H84O23. The molecule has 0 aromatic rings. The van der Waals surface area contributed by atoms with Crippen LogP contribution in [0.15, 0.2) is 11.6 Å². The van der Waals surface area contributed by atoms with Crippen molar-refractivity contribution < 1.29 is 113 Å². The van der Waals surface area contributed by atoms with Crippen LogP contribution in [-0.2, 0) is 57.0 Å². The van der Waals surface area contributed by atoms with Crippen LogP contribution in [0.25, 0.3) is 0 Å². The summed E-state index contributed by atoms with van der Waals surface area (Å²) in [6.45, 7) is 15.8. The van der Waals surface area contributed by atoms with Gasteiger partial charge in [-0.2, -0.15) is 0 Å². The second-order valence-electron chi connectivity index (χ2n) is 25.8. The second kappa shape index (κ2) is 21.0. The molecule has 28 atom stereocenters. The first-order valence-corrected chi connectivity index (χ1v) is 27.4. The molecule has 11 N–H and O–H groups in total. The van der Waals surface area contributed by atoms with Gasteiger partial charge in [0, 0.05) is 12.3 Å². The fourth-order valence-electron chi connectivity index (χ4n) is 16.5. The van der Waals surface area contributed by atoms with Crippen molar-refractivity contribution in [2.24, 2.45) is 56.2 Å². The molecule has 0 aromatic heterocycles. The van der Waals surface area contributed by atoms with Crippen LogP contribution >= 0.6 is 0 Å². The summed E-state index contributed by atoms with van der Waals surface area (Å²) in [6.07, 6.45) is -22.8. The number of rotatable bonds is 14. The molecule has 28 unspecified atom stereocenters. The zero-order valence-corrected chi connectivity index (χ0v) is 45.5. The number of ether oxygens (including phenoxy) is 9. The van der Waals surface area contributed by atoms with Gasteiger partial charge in [-0.15, -0.1) is 0 Å². The molecule has 9 rings (SSSR count). The van der Waals surface area contributed by atoms with Crippen LogP contribution in [0.4, 0.5) is 0 Å². The molecule has 4 aliphatic heterocycles. The first-order valence-electron chi connectivity index (χ1n) is 27.4. The third kappa shape index (κ3) is 9.25. The molecule has 0 radical (unpaired) electrons. The Balaban J connectivity index is 0.998. The minimum atomic E-state index is -2.09. The molecule has 23 heteroatoms. The molecule has 8 fully saturated rings. The topological polar surface area (TPSA) is 357 Å². The van der Waals surface area contributed by atoms with E-state index in [1.54, 1.807) is 13.8 Å². The van der Waals surface area contributed by atoms with Crippen LogP contribution in [0.2, 0.25) is 0 Å². The SMILES string of the molecule is CC(=O)OC(C)C(C)C(=O)OCC12C3CC4(C)C(=CCC5C6(C)CCC(OC7OC(C(=O)O)C(OC8OC(CO)C(O)C(O)C8O)C(O)C7OC7OCC(O)C(O)C7O)C(C)(CO)C6CCC54C)C1CC(C)(C)C(O3)C2O. The predicted molar refractivity (Wildman–Crippen MR) is 261 cm³/mol. The smallest absolute Gasteiger partial charge is 0.335 e. The summed E-state index contributed by atoms with van der Waals surface area (Å²) >= 11 is 0. The first kappa shape index (κ1) is 59.1. The van der Waals surface area contributed by atoms with E-state index >= 15 is 0 Å². The molecule has 438 valence electrons. The molecule has 0 amide bonds. The summed E-state index contributed by atoms with van der Waals surface area (Å²) < 4.78 is 54.3. The Morgan fingerprint density at radius 1 is 0.753 bits per heavy atom. The van der Waals surface area contributed by atoms with Gasteiger partial charge in [0.1, 0.15) is 73.8 Å². The number of carboxylic acids is 1. The Bertz CT molecular complexity index is 2230. The van der Waals surface area contributed by atoms with Crippen LogP contribution in [0.1, 0.15) is 107 Å². The fourth-order valence-corrected chi connectivity index (χ4v) is 16.5. The van der Waals surface area contributed by atoms with E-state index in [9.17, 15) is 70.6 Å². The molecule has 77 heavy (non-hydrogen) atoms. The monoisotopic (exact) mass is 1100 g/mol. The summed E-state index contributed by atoms with van der Waals surface area (Å²) in [4.78, 5) is 38.4. The number of carbonyl (C=O) groups is 3. The predicted octanol–water partition coefficient (Wildman–Crippen LogP) is -0.586. The summed E-state index contributed by atoms with van der Waals surface area (Å²) in [7, 11) is 0. The molecule has 2 bridgehead atoms. The van der Waals surface area contributed by atoms with E-state index in [2.05, 4.69) is 40.7 Å². The highest BCUT2D eigenvalue weighted by Crippen LogP contribution is 2.77. The normalized spacial score (nSPS) is 51.7. The highest BCUT2D eigenvalue weighted by atomic mass is 16.8. The molecule has 0 aromatic carbocycles. The molecule has 9 aliphatic rings. The number of allylic oxidation sites excluding steroid dienone is 2. The largest absolute Gasteiger partial charge is 0.479 e. The van der Waals surface area contributed by atoms with Crippen molar-refractivity contribution in [2.75, 3.05) is 26.4 Å². The van der Waals surface area contributed by atoms with Crippen molar-refractivity contribution in [3.63, 3.8) is 0 Å². The standard InChI is InChI=1S/C54H84O23/c1-22(23(2)71-24(3)57)45(68)70-21-54-26-16-49(4,5)43(42(54)65)73-32(54)17-53(9)25(26)10-11-30-50(6)14-13-31(51(7,20-56)29(50)12-15-52(30,53)8)74-48-40(76-46-36(62)33(59)27(58)19-69-46)38(64)39(41(77-48)44(66)67)75-47-37(63)35(61)34(60)28(18-55)72-47/h10,22-23,26-43,46-48,55-56,58-65H,11-21H2,1-9H3,(H,66,67). The van der Waals surface area contributed by atoms with Crippen molar-refractivity contribution in [2.45, 2.75) is 224 Å². The van der Waals surface area contributed by atoms with Crippen molar-refractivity contribution in [3.8, 4) is 0 Å². The van der Waals surface area contributed by atoms with Crippen LogP contribution in [0, 0.1) is 56.2 Å². The Hall–Kier alpha value is -2.53. The van der Waals surface area contributed by atoms with Gasteiger partial charge >= 0.3 is 17.9 Å². The number of hydrogen-bond donors (Lipinski definition) is 11. The lowest BCUT2D eigenvalue weighted by Gasteiger charge is -2.71. The van der Waals surface area contributed by atoms with E-state index in [1.807, 2.05) is 6.92 Å². The number of fused-ring (bicyclic) bond motifs is 7. The molecule has 23 nitrogen and oxygen atoms in total. The van der Waals surface area contributed by atoms with E-state index in [1.165, 1.54) is 12.5 Å². The van der Waals surface area contributed by atoms with E-state index in [0.717, 1.165) is 0 Å². The van der Waals surface area contributed by atoms with Crippen molar-refractivity contribution in [1.29, 1.82) is 0 Å². The molecular weight excluding hydrogens is 1020 g/mol. The van der Waals surface area contributed by atoms with Gasteiger partial charge in [0.05, 0.1) is 55.6 Å². The van der Waals surface area contributed by atoms with E-state index in [0.29, 0.717) is 44.9 Å². The Morgan fingerprint density at radius 3 is 2.08 bits per heavy atom. The van der Waals surface area contributed by atoms with Crippen LogP contribution in [-0.4, -0.2) is 217 Å². The molecule has 0 spiro atoms.